The number of H-pyrrole nitrogens is 1. The Hall–Kier alpha value is -0.990. The average molecular weight is 211 g/mol. The summed E-state index contributed by atoms with van der Waals surface area (Å²) >= 11 is 0. The molecule has 2 aromatic rings. The summed E-state index contributed by atoms with van der Waals surface area (Å²) in [6.07, 6.45) is 4.41. The summed E-state index contributed by atoms with van der Waals surface area (Å²) < 4.78 is 0. The molecular weight excluding hydrogens is 196 g/mol. The minimum atomic E-state index is 0. The lowest BCUT2D eigenvalue weighted by Crippen LogP contribution is -3.00. The van der Waals surface area contributed by atoms with Gasteiger partial charge in [-0.3, -0.25) is 0 Å². The molecule has 0 atom stereocenters. The molecular formula is C11H15ClN2. The van der Waals surface area contributed by atoms with Gasteiger partial charge in [-0.2, -0.15) is 0 Å². The van der Waals surface area contributed by atoms with Crippen LogP contribution in [0.2, 0.25) is 0 Å². The Bertz CT molecular complexity index is 395. The van der Waals surface area contributed by atoms with Gasteiger partial charge in [0.1, 0.15) is 0 Å². The number of aromatic nitrogens is 1. The van der Waals surface area contributed by atoms with E-state index in [4.69, 9.17) is 0 Å². The lowest BCUT2D eigenvalue weighted by Gasteiger charge is -1.94. The topological polar surface area (TPSA) is 43.4 Å². The van der Waals surface area contributed by atoms with Crippen LogP contribution in [0.1, 0.15) is 12.0 Å². The third-order valence-electron chi connectivity index (χ3n) is 2.37. The number of benzene rings is 1. The van der Waals surface area contributed by atoms with Crippen molar-refractivity contribution >= 4 is 10.9 Å². The van der Waals surface area contributed by atoms with Crippen LogP contribution in [0.4, 0.5) is 0 Å². The Morgan fingerprint density at radius 1 is 1.21 bits per heavy atom. The average Bonchev–Trinajstić information content (AvgIpc) is 2.58. The predicted octanol–water partition coefficient (Wildman–Crippen LogP) is -1.65. The van der Waals surface area contributed by atoms with Gasteiger partial charge in [0.2, 0.25) is 0 Å². The summed E-state index contributed by atoms with van der Waals surface area (Å²) in [5.74, 6) is 0. The first-order chi connectivity index (χ1) is 6.42. The number of rotatable bonds is 3. The summed E-state index contributed by atoms with van der Waals surface area (Å²) in [5, 5.41) is 1.36. The van der Waals surface area contributed by atoms with E-state index in [0.717, 1.165) is 13.0 Å². The van der Waals surface area contributed by atoms with Crippen molar-refractivity contribution < 1.29 is 18.1 Å². The van der Waals surface area contributed by atoms with Gasteiger partial charge in [-0.15, -0.1) is 0 Å². The van der Waals surface area contributed by atoms with Gasteiger partial charge < -0.3 is 23.1 Å². The molecule has 14 heavy (non-hydrogen) atoms. The van der Waals surface area contributed by atoms with Crippen LogP contribution in [0, 0.1) is 0 Å². The lowest BCUT2D eigenvalue weighted by molar-refractivity contribution is -0.368. The number of aryl methyl sites for hydroxylation is 1. The number of fused-ring (bicyclic) bond motifs is 1. The zero-order chi connectivity index (χ0) is 9.10. The molecule has 0 aliphatic rings. The van der Waals surface area contributed by atoms with E-state index in [2.05, 4.69) is 41.2 Å². The van der Waals surface area contributed by atoms with Crippen LogP contribution in [0.5, 0.6) is 0 Å². The fourth-order valence-electron chi connectivity index (χ4n) is 1.65. The van der Waals surface area contributed by atoms with Gasteiger partial charge in [-0.25, -0.2) is 0 Å². The number of hydrogen-bond donors (Lipinski definition) is 2. The molecule has 1 heterocycles. The standard InChI is InChI=1S/C11H14N2.ClH/c12-7-3-4-9-8-13-11-6-2-1-5-10(9)11;/h1-2,5-6,8,13H,3-4,7,12H2;1H. The molecule has 1 aromatic heterocycles. The van der Waals surface area contributed by atoms with E-state index >= 15 is 0 Å². The molecule has 3 heteroatoms. The molecule has 0 radical (unpaired) electrons. The fraction of sp³-hybridized carbons (Fsp3) is 0.273. The molecule has 0 aliphatic heterocycles. The second-order valence-corrected chi connectivity index (χ2v) is 3.32. The van der Waals surface area contributed by atoms with Crippen molar-refractivity contribution in [2.24, 2.45) is 0 Å². The molecule has 0 bridgehead atoms. The highest BCUT2D eigenvalue weighted by Gasteiger charge is 2.01. The third-order valence-corrected chi connectivity index (χ3v) is 2.37. The van der Waals surface area contributed by atoms with Crippen molar-refractivity contribution in [2.75, 3.05) is 6.54 Å². The first-order valence-corrected chi connectivity index (χ1v) is 4.76. The smallest absolute Gasteiger partial charge is 0.0743 e. The van der Waals surface area contributed by atoms with Crippen LogP contribution in [0.25, 0.3) is 10.9 Å². The maximum atomic E-state index is 3.85. The van der Waals surface area contributed by atoms with E-state index < -0.39 is 0 Å². The molecule has 1 aromatic carbocycles. The highest BCUT2D eigenvalue weighted by Crippen LogP contribution is 2.18. The highest BCUT2D eigenvalue weighted by atomic mass is 35.5. The van der Waals surface area contributed by atoms with Crippen LogP contribution in [0.3, 0.4) is 0 Å². The van der Waals surface area contributed by atoms with Gasteiger partial charge in [0.05, 0.1) is 6.54 Å². The normalized spacial score (nSPS) is 10.1. The first kappa shape index (κ1) is 11.1. The number of hydrogen-bond acceptors (Lipinski definition) is 0. The Labute approximate surface area is 89.9 Å². The van der Waals surface area contributed by atoms with E-state index in [1.54, 1.807) is 0 Å². The Balaban J connectivity index is 0.000000980. The van der Waals surface area contributed by atoms with Gasteiger partial charge >= 0.3 is 0 Å². The molecule has 0 unspecified atom stereocenters. The van der Waals surface area contributed by atoms with Crippen molar-refractivity contribution in [3.05, 3.63) is 36.0 Å². The van der Waals surface area contributed by atoms with Crippen molar-refractivity contribution in [1.29, 1.82) is 0 Å². The molecule has 0 aliphatic carbocycles. The summed E-state index contributed by atoms with van der Waals surface area (Å²) in [6, 6.07) is 8.43. The van der Waals surface area contributed by atoms with Crippen LogP contribution in [-0.2, 0) is 6.42 Å². The summed E-state index contributed by atoms with van der Waals surface area (Å²) in [4.78, 5) is 3.28. The fourth-order valence-corrected chi connectivity index (χ4v) is 1.65. The van der Waals surface area contributed by atoms with Crippen molar-refractivity contribution in [3.63, 3.8) is 0 Å². The molecule has 0 saturated carbocycles. The minimum absolute atomic E-state index is 0. The molecule has 0 amide bonds. The highest BCUT2D eigenvalue weighted by molar-refractivity contribution is 5.82. The number of nitrogens with one attached hydrogen (secondary N) is 1. The molecule has 2 nitrogen and oxygen atoms in total. The number of aromatic amines is 1. The third kappa shape index (κ3) is 2.08. The lowest BCUT2D eigenvalue weighted by atomic mass is 10.1. The van der Waals surface area contributed by atoms with Gasteiger partial charge in [0.15, 0.2) is 0 Å². The van der Waals surface area contributed by atoms with Crippen LogP contribution in [-0.4, -0.2) is 11.5 Å². The molecule has 4 N–H and O–H groups in total. The van der Waals surface area contributed by atoms with E-state index in [-0.39, 0.29) is 12.4 Å². The SMILES string of the molecule is [Cl-].[NH3+]CCCc1c[nH]c2ccccc12. The Kier molecular flexibility index (Phi) is 3.98. The summed E-state index contributed by atoms with van der Waals surface area (Å²) in [7, 11) is 0. The second kappa shape index (κ2) is 5.03. The summed E-state index contributed by atoms with van der Waals surface area (Å²) in [5.41, 5.74) is 6.51. The van der Waals surface area contributed by atoms with Gasteiger partial charge in [0, 0.05) is 23.5 Å². The van der Waals surface area contributed by atoms with E-state index in [1.807, 2.05) is 0 Å². The van der Waals surface area contributed by atoms with Gasteiger partial charge in [-0.05, 0) is 18.1 Å². The van der Waals surface area contributed by atoms with Crippen molar-refractivity contribution in [1.82, 2.24) is 4.98 Å². The Morgan fingerprint density at radius 3 is 2.79 bits per heavy atom. The quantitative estimate of drug-likeness (QED) is 0.610. The number of halogens is 1. The first-order valence-electron chi connectivity index (χ1n) is 4.76. The summed E-state index contributed by atoms with van der Waals surface area (Å²) in [6.45, 7) is 1.01. The molecule has 76 valence electrons. The van der Waals surface area contributed by atoms with Crippen LogP contribution < -0.4 is 18.1 Å². The van der Waals surface area contributed by atoms with Crippen LogP contribution in [0.15, 0.2) is 30.5 Å². The molecule has 2 rings (SSSR count). The number of para-hydroxylation sites is 1. The maximum absolute atomic E-state index is 3.85. The second-order valence-electron chi connectivity index (χ2n) is 3.32. The van der Waals surface area contributed by atoms with Crippen LogP contribution >= 0.6 is 0 Å². The molecule has 0 spiro atoms. The largest absolute Gasteiger partial charge is 1.00 e. The van der Waals surface area contributed by atoms with E-state index in [0.29, 0.717) is 0 Å². The monoisotopic (exact) mass is 210 g/mol. The van der Waals surface area contributed by atoms with E-state index in [9.17, 15) is 0 Å². The molecule has 0 saturated heterocycles. The molecule has 0 fully saturated rings. The van der Waals surface area contributed by atoms with Gasteiger partial charge in [-0.1, -0.05) is 18.2 Å². The zero-order valence-electron chi connectivity index (χ0n) is 8.09. The maximum Gasteiger partial charge on any atom is 0.0743 e. The number of quaternary nitrogens is 1. The van der Waals surface area contributed by atoms with Crippen molar-refractivity contribution in [3.8, 4) is 0 Å². The zero-order valence-corrected chi connectivity index (χ0v) is 8.85. The van der Waals surface area contributed by atoms with Crippen molar-refractivity contribution in [2.45, 2.75) is 12.8 Å². The van der Waals surface area contributed by atoms with E-state index in [1.165, 1.54) is 22.9 Å². The Morgan fingerprint density at radius 2 is 2.00 bits per heavy atom. The predicted molar refractivity (Wildman–Crippen MR) is 54.4 cm³/mol. The van der Waals surface area contributed by atoms with Gasteiger partial charge in [0.25, 0.3) is 0 Å². The minimum Gasteiger partial charge on any atom is -1.00 e.